The van der Waals surface area contributed by atoms with E-state index in [2.05, 4.69) is 10.0 Å². The number of anilines is 2. The molecule has 3 aromatic carbocycles. The van der Waals surface area contributed by atoms with E-state index < -0.39 is 10.0 Å². The van der Waals surface area contributed by atoms with Crippen LogP contribution in [0.25, 0.3) is 20.8 Å². The summed E-state index contributed by atoms with van der Waals surface area (Å²) in [4.78, 5) is 19.2. The van der Waals surface area contributed by atoms with E-state index in [1.807, 2.05) is 38.1 Å². The lowest BCUT2D eigenvalue weighted by Gasteiger charge is -2.10. The van der Waals surface area contributed by atoms with E-state index in [1.165, 1.54) is 29.5 Å². The fourth-order valence-electron chi connectivity index (χ4n) is 3.66. The van der Waals surface area contributed by atoms with Crippen LogP contribution in [0, 0.1) is 13.8 Å². The minimum Gasteiger partial charge on any atom is -0.313 e. The molecular weight excluding hydrogens is 499 g/mol. The number of nitrogens with zero attached hydrogens (tertiary/aromatic N) is 1. The maximum atomic E-state index is 13.2. The fourth-order valence-corrected chi connectivity index (χ4v) is 6.93. The van der Waals surface area contributed by atoms with Crippen LogP contribution in [0.4, 0.5) is 10.7 Å². The number of carbonyl (C=O) groups is 1. The number of amides is 1. The highest BCUT2D eigenvalue weighted by Crippen LogP contribution is 2.43. The van der Waals surface area contributed by atoms with Crippen LogP contribution in [0.1, 0.15) is 20.8 Å². The molecule has 35 heavy (non-hydrogen) atoms. The third-order valence-corrected chi connectivity index (χ3v) is 9.12. The Hall–Kier alpha value is -3.53. The van der Waals surface area contributed by atoms with Gasteiger partial charge in [-0.05, 0) is 61.9 Å². The van der Waals surface area contributed by atoms with Gasteiger partial charge in [0.25, 0.3) is 15.9 Å². The highest BCUT2D eigenvalue weighted by atomic mass is 32.2. The summed E-state index contributed by atoms with van der Waals surface area (Å²) in [6.45, 7) is 4.05. The van der Waals surface area contributed by atoms with Gasteiger partial charge in [0.15, 0.2) is 0 Å². The van der Waals surface area contributed by atoms with Gasteiger partial charge >= 0.3 is 0 Å². The molecule has 0 saturated heterocycles. The quantitative estimate of drug-likeness (QED) is 0.261. The lowest BCUT2D eigenvalue weighted by molar-refractivity contribution is 0.102. The molecule has 2 heterocycles. The van der Waals surface area contributed by atoms with Gasteiger partial charge in [-0.1, -0.05) is 36.4 Å². The van der Waals surface area contributed by atoms with Gasteiger partial charge in [0.05, 0.1) is 15.1 Å². The van der Waals surface area contributed by atoms with Gasteiger partial charge in [-0.15, -0.1) is 22.7 Å². The molecule has 0 radical (unpaired) electrons. The van der Waals surface area contributed by atoms with Crippen LogP contribution in [0.3, 0.4) is 0 Å². The first kappa shape index (κ1) is 23.2. The molecule has 5 rings (SSSR count). The molecule has 2 N–H and O–H groups in total. The zero-order valence-electron chi connectivity index (χ0n) is 18.9. The monoisotopic (exact) mass is 519 g/mol. The first-order chi connectivity index (χ1) is 16.8. The summed E-state index contributed by atoms with van der Waals surface area (Å²) in [7, 11) is -3.76. The summed E-state index contributed by atoms with van der Waals surface area (Å²) in [5, 5.41) is 4.60. The van der Waals surface area contributed by atoms with Crippen molar-refractivity contribution in [2.24, 2.45) is 0 Å². The lowest BCUT2D eigenvalue weighted by atomic mass is 10.1. The molecule has 0 bridgehead atoms. The van der Waals surface area contributed by atoms with Crippen molar-refractivity contribution in [3.05, 3.63) is 94.9 Å². The molecule has 1 amide bonds. The van der Waals surface area contributed by atoms with Crippen LogP contribution in [0.15, 0.2) is 83.8 Å². The van der Waals surface area contributed by atoms with Crippen molar-refractivity contribution in [1.29, 1.82) is 0 Å². The third kappa shape index (κ3) is 4.70. The Morgan fingerprint density at radius 2 is 1.63 bits per heavy atom. The van der Waals surface area contributed by atoms with Gasteiger partial charge in [-0.2, -0.15) is 0 Å². The van der Waals surface area contributed by atoms with Crippen molar-refractivity contribution in [2.45, 2.75) is 18.7 Å². The standard InChI is InChI=1S/C26H21N3O3S3/c1-16-17(2)33-26(23(16)25-27-21-13-6-7-14-22(21)34-25)28-24(30)18-9-8-10-19(15-18)29-35(31,32)20-11-4-3-5-12-20/h3-15,29H,1-2H3,(H,28,30). The number of rotatable bonds is 6. The minimum absolute atomic E-state index is 0.153. The molecule has 6 nitrogen and oxygen atoms in total. The van der Waals surface area contributed by atoms with Gasteiger partial charge in [0.1, 0.15) is 10.0 Å². The number of fused-ring (bicyclic) bond motifs is 1. The van der Waals surface area contributed by atoms with Crippen molar-refractivity contribution >= 4 is 59.5 Å². The van der Waals surface area contributed by atoms with Crippen molar-refractivity contribution in [1.82, 2.24) is 4.98 Å². The molecule has 176 valence electrons. The maximum absolute atomic E-state index is 13.2. The largest absolute Gasteiger partial charge is 0.313 e. The third-order valence-electron chi connectivity index (χ3n) is 5.55. The van der Waals surface area contributed by atoms with E-state index in [9.17, 15) is 13.2 Å². The van der Waals surface area contributed by atoms with E-state index in [0.29, 0.717) is 11.3 Å². The second-order valence-electron chi connectivity index (χ2n) is 7.93. The lowest BCUT2D eigenvalue weighted by Crippen LogP contribution is -2.15. The number of carbonyl (C=O) groups excluding carboxylic acids is 1. The highest BCUT2D eigenvalue weighted by Gasteiger charge is 2.21. The highest BCUT2D eigenvalue weighted by molar-refractivity contribution is 7.92. The van der Waals surface area contributed by atoms with Crippen LogP contribution in [-0.4, -0.2) is 19.3 Å². The number of aryl methyl sites for hydroxylation is 1. The summed E-state index contributed by atoms with van der Waals surface area (Å²) in [6, 6.07) is 22.5. The average Bonchev–Trinajstić information content (AvgIpc) is 3.39. The maximum Gasteiger partial charge on any atom is 0.261 e. The van der Waals surface area contributed by atoms with Crippen LogP contribution in [0.2, 0.25) is 0 Å². The van der Waals surface area contributed by atoms with Gasteiger partial charge in [0.2, 0.25) is 0 Å². The molecule has 0 aliphatic carbocycles. The summed E-state index contributed by atoms with van der Waals surface area (Å²) in [5.74, 6) is -0.325. The second kappa shape index (κ2) is 9.26. The number of aromatic nitrogens is 1. The van der Waals surface area contributed by atoms with E-state index in [0.717, 1.165) is 36.2 Å². The van der Waals surface area contributed by atoms with E-state index in [-0.39, 0.29) is 10.8 Å². The van der Waals surface area contributed by atoms with Gasteiger partial charge in [-0.3, -0.25) is 9.52 Å². The molecule has 2 aromatic heterocycles. The summed E-state index contributed by atoms with van der Waals surface area (Å²) in [6.07, 6.45) is 0. The van der Waals surface area contributed by atoms with Crippen LogP contribution in [0.5, 0.6) is 0 Å². The minimum atomic E-state index is -3.76. The average molecular weight is 520 g/mol. The van der Waals surface area contributed by atoms with E-state index in [4.69, 9.17) is 4.98 Å². The molecule has 0 fully saturated rings. The number of benzene rings is 3. The first-order valence-electron chi connectivity index (χ1n) is 10.8. The Morgan fingerprint density at radius 1 is 0.886 bits per heavy atom. The van der Waals surface area contributed by atoms with Crippen molar-refractivity contribution in [2.75, 3.05) is 10.0 Å². The van der Waals surface area contributed by atoms with Gasteiger partial charge < -0.3 is 5.32 Å². The summed E-state index contributed by atoms with van der Waals surface area (Å²) in [5.41, 5.74) is 3.58. The van der Waals surface area contributed by atoms with Crippen LogP contribution >= 0.6 is 22.7 Å². The van der Waals surface area contributed by atoms with Crippen molar-refractivity contribution < 1.29 is 13.2 Å². The summed E-state index contributed by atoms with van der Waals surface area (Å²) >= 11 is 3.09. The number of thiophene rings is 1. The van der Waals surface area contributed by atoms with Crippen molar-refractivity contribution in [3.63, 3.8) is 0 Å². The van der Waals surface area contributed by atoms with Gasteiger partial charge in [0, 0.05) is 21.7 Å². The normalized spacial score (nSPS) is 11.5. The molecule has 0 spiro atoms. The molecular formula is C26H21N3O3S3. The molecule has 5 aromatic rings. The number of thiazole rings is 1. The predicted octanol–water partition coefficient (Wildman–Crippen LogP) is 6.69. The Bertz CT molecular complexity index is 1620. The van der Waals surface area contributed by atoms with Crippen molar-refractivity contribution in [3.8, 4) is 10.6 Å². The predicted molar refractivity (Wildman–Crippen MR) is 144 cm³/mol. The van der Waals surface area contributed by atoms with Gasteiger partial charge in [-0.25, -0.2) is 13.4 Å². The Kier molecular flexibility index (Phi) is 6.14. The number of hydrogen-bond donors (Lipinski definition) is 2. The summed E-state index contributed by atoms with van der Waals surface area (Å²) < 4.78 is 29.0. The van der Waals surface area contributed by atoms with E-state index in [1.54, 1.807) is 47.7 Å². The Labute approximate surface area is 211 Å². The zero-order valence-corrected chi connectivity index (χ0v) is 21.4. The SMILES string of the molecule is Cc1sc(NC(=O)c2cccc(NS(=O)(=O)c3ccccc3)c2)c(-c2nc3ccccc3s2)c1C. The fraction of sp³-hybridized carbons (Fsp3) is 0.0769. The first-order valence-corrected chi connectivity index (χ1v) is 13.9. The van der Waals surface area contributed by atoms with Crippen LogP contribution < -0.4 is 10.0 Å². The number of nitrogens with one attached hydrogen (secondary N) is 2. The number of sulfonamides is 1. The Balaban J connectivity index is 1.43. The van der Waals surface area contributed by atoms with Crippen LogP contribution in [-0.2, 0) is 10.0 Å². The molecule has 0 atom stereocenters. The smallest absolute Gasteiger partial charge is 0.261 e. The Morgan fingerprint density at radius 3 is 2.40 bits per heavy atom. The number of para-hydroxylation sites is 1. The molecule has 0 aliphatic heterocycles. The second-order valence-corrected chi connectivity index (χ2v) is 11.9. The topological polar surface area (TPSA) is 88.2 Å². The molecule has 0 saturated carbocycles. The zero-order chi connectivity index (χ0) is 24.6. The number of hydrogen-bond acceptors (Lipinski definition) is 6. The molecule has 0 aliphatic rings. The molecule has 9 heteroatoms. The van der Waals surface area contributed by atoms with E-state index >= 15 is 0 Å². The molecule has 0 unspecified atom stereocenters.